The summed E-state index contributed by atoms with van der Waals surface area (Å²) in [7, 11) is 0. The second kappa shape index (κ2) is 9.51. The van der Waals surface area contributed by atoms with Crippen molar-refractivity contribution in [3.8, 4) is 11.5 Å². The van der Waals surface area contributed by atoms with Crippen molar-refractivity contribution in [2.75, 3.05) is 32.7 Å². The molecule has 36 heavy (non-hydrogen) atoms. The highest BCUT2D eigenvalue weighted by Crippen LogP contribution is 2.35. The van der Waals surface area contributed by atoms with E-state index >= 15 is 0 Å². The zero-order chi connectivity index (χ0) is 25.4. The molecule has 0 atom stereocenters. The van der Waals surface area contributed by atoms with E-state index < -0.39 is 17.7 Å². The Morgan fingerprint density at radius 2 is 1.75 bits per heavy atom. The first-order chi connectivity index (χ1) is 17.2. The summed E-state index contributed by atoms with van der Waals surface area (Å²) in [6.45, 7) is 1.70. The van der Waals surface area contributed by atoms with Crippen molar-refractivity contribution in [3.05, 3.63) is 76.2 Å². The highest BCUT2D eigenvalue weighted by atomic mass is 79.9. The maximum Gasteiger partial charge on any atom is 0.433 e. The third kappa shape index (κ3) is 4.65. The summed E-state index contributed by atoms with van der Waals surface area (Å²) in [5.74, 6) is -0.377. The second-order valence-electron chi connectivity index (χ2n) is 8.26. The van der Waals surface area contributed by atoms with Crippen LogP contribution in [0.3, 0.4) is 0 Å². The van der Waals surface area contributed by atoms with E-state index in [-0.39, 0.29) is 39.7 Å². The van der Waals surface area contributed by atoms with E-state index in [0.29, 0.717) is 36.3 Å². The number of aromatic nitrogens is 3. The van der Waals surface area contributed by atoms with Crippen molar-refractivity contribution in [2.24, 2.45) is 0 Å². The number of hydrogen-bond acceptors (Lipinski definition) is 6. The first-order valence-electron chi connectivity index (χ1n) is 11.0. The molecule has 4 heterocycles. The maximum absolute atomic E-state index is 13.8. The van der Waals surface area contributed by atoms with E-state index in [4.69, 9.17) is 4.42 Å². The number of hydrogen-bond donors (Lipinski definition) is 0. The molecule has 0 N–H and O–H groups in total. The van der Waals surface area contributed by atoms with E-state index in [1.807, 2.05) is 11.0 Å². The van der Waals surface area contributed by atoms with Crippen molar-refractivity contribution in [1.29, 1.82) is 0 Å². The zero-order valence-corrected chi connectivity index (χ0v) is 20.3. The van der Waals surface area contributed by atoms with Crippen molar-refractivity contribution in [3.63, 3.8) is 0 Å². The Labute approximate surface area is 211 Å². The average Bonchev–Trinajstić information content (AvgIpc) is 3.52. The minimum atomic E-state index is -4.74. The smallest absolute Gasteiger partial charge is 0.433 e. The normalized spacial score (nSPS) is 14.9. The predicted molar refractivity (Wildman–Crippen MR) is 127 cm³/mol. The van der Waals surface area contributed by atoms with Gasteiger partial charge >= 0.3 is 6.18 Å². The van der Waals surface area contributed by atoms with Gasteiger partial charge in [-0.3, -0.25) is 14.5 Å². The molecular formula is C24H19BrF3N5O3. The highest BCUT2D eigenvalue weighted by Gasteiger charge is 2.37. The van der Waals surface area contributed by atoms with Crippen molar-refractivity contribution in [1.82, 2.24) is 24.4 Å². The molecule has 0 bridgehead atoms. The van der Waals surface area contributed by atoms with Gasteiger partial charge in [-0.05, 0) is 46.3 Å². The minimum Gasteiger partial charge on any atom is -0.463 e. The van der Waals surface area contributed by atoms with Crippen LogP contribution in [-0.4, -0.2) is 68.8 Å². The van der Waals surface area contributed by atoms with Crippen molar-refractivity contribution < 1.29 is 27.2 Å². The number of fused-ring (bicyclic) bond motifs is 1. The van der Waals surface area contributed by atoms with Gasteiger partial charge in [0.05, 0.1) is 17.3 Å². The van der Waals surface area contributed by atoms with Gasteiger partial charge in [0.1, 0.15) is 11.4 Å². The Kier molecular flexibility index (Phi) is 6.39. The van der Waals surface area contributed by atoms with Gasteiger partial charge in [-0.25, -0.2) is 9.50 Å². The monoisotopic (exact) mass is 561 g/mol. The summed E-state index contributed by atoms with van der Waals surface area (Å²) in [5, 5.41) is 3.97. The van der Waals surface area contributed by atoms with Crippen LogP contribution < -0.4 is 0 Å². The lowest BCUT2D eigenvalue weighted by atomic mass is 10.1. The van der Waals surface area contributed by atoms with Gasteiger partial charge in [-0.15, -0.1) is 0 Å². The molecule has 0 aliphatic carbocycles. The zero-order valence-electron chi connectivity index (χ0n) is 18.7. The lowest BCUT2D eigenvalue weighted by Gasteiger charge is -2.34. The summed E-state index contributed by atoms with van der Waals surface area (Å²) in [6, 6.07) is 12.8. The van der Waals surface area contributed by atoms with Crippen LogP contribution in [0.4, 0.5) is 13.2 Å². The Morgan fingerprint density at radius 3 is 2.39 bits per heavy atom. The predicted octanol–water partition coefficient (Wildman–Crippen LogP) is 4.41. The summed E-state index contributed by atoms with van der Waals surface area (Å²) < 4.78 is 47.4. The van der Waals surface area contributed by atoms with Crippen LogP contribution in [0.1, 0.15) is 26.5 Å². The van der Waals surface area contributed by atoms with Crippen LogP contribution in [0.2, 0.25) is 0 Å². The molecule has 1 aliphatic heterocycles. The molecular weight excluding hydrogens is 543 g/mol. The Hall–Kier alpha value is -3.51. The molecule has 8 nitrogen and oxygen atoms in total. The minimum absolute atomic E-state index is 0.0290. The summed E-state index contributed by atoms with van der Waals surface area (Å²) >= 11 is 3.23. The van der Waals surface area contributed by atoms with Crippen molar-refractivity contribution >= 4 is 33.3 Å². The fraction of sp³-hybridized carbons (Fsp3) is 0.250. The number of carbonyl (C=O) groups excluding carboxylic acids is 2. The third-order valence-corrected chi connectivity index (χ3v) is 6.64. The van der Waals surface area contributed by atoms with Gasteiger partial charge < -0.3 is 9.32 Å². The van der Waals surface area contributed by atoms with Crippen LogP contribution in [0.15, 0.2) is 63.7 Å². The Bertz CT molecular complexity index is 1410. The van der Waals surface area contributed by atoms with E-state index in [2.05, 4.69) is 26.0 Å². The summed E-state index contributed by atoms with van der Waals surface area (Å²) in [4.78, 5) is 33.5. The SMILES string of the molecule is O=C(CN1CCN(C(=O)c2ccccc2)CC1)c1nn2c(C(F)(F)F)cc(-c3ccco3)nc2c1Br. The number of nitrogens with zero attached hydrogens (tertiary/aromatic N) is 5. The number of piperazine rings is 1. The van der Waals surface area contributed by atoms with Gasteiger partial charge in [-0.1, -0.05) is 18.2 Å². The van der Waals surface area contributed by atoms with Crippen LogP contribution in [0, 0.1) is 0 Å². The molecule has 0 radical (unpaired) electrons. The fourth-order valence-corrected chi connectivity index (χ4v) is 4.63. The molecule has 0 saturated carbocycles. The molecule has 0 spiro atoms. The van der Waals surface area contributed by atoms with Crippen LogP contribution in [0.25, 0.3) is 17.1 Å². The number of amides is 1. The molecule has 186 valence electrons. The van der Waals surface area contributed by atoms with Gasteiger partial charge in [0.25, 0.3) is 5.91 Å². The number of alkyl halides is 3. The van der Waals surface area contributed by atoms with E-state index in [1.165, 1.54) is 12.3 Å². The summed E-state index contributed by atoms with van der Waals surface area (Å²) in [6.07, 6.45) is -3.40. The average molecular weight is 562 g/mol. The molecule has 1 saturated heterocycles. The molecule has 4 aromatic rings. The molecule has 3 aromatic heterocycles. The number of halogens is 4. The quantitative estimate of drug-likeness (QED) is 0.335. The molecule has 1 fully saturated rings. The molecule has 12 heteroatoms. The number of rotatable bonds is 5. The molecule has 5 rings (SSSR count). The number of benzene rings is 1. The number of carbonyl (C=O) groups is 2. The van der Waals surface area contributed by atoms with Crippen molar-refractivity contribution in [2.45, 2.75) is 6.18 Å². The standard InChI is InChI=1S/C24H19BrF3N5O3/c25-20-21(17(34)14-31-8-10-32(11-9-31)23(35)15-5-2-1-3-6-15)30-33-19(24(26,27)28)13-16(29-22(20)33)18-7-4-12-36-18/h1-7,12-13H,8-11,14H2. The van der Waals surface area contributed by atoms with Gasteiger partial charge in [0, 0.05) is 31.7 Å². The van der Waals surface area contributed by atoms with E-state index in [0.717, 1.165) is 6.07 Å². The second-order valence-corrected chi connectivity index (χ2v) is 9.05. The van der Waals surface area contributed by atoms with E-state index in [1.54, 1.807) is 35.2 Å². The Balaban J connectivity index is 1.35. The maximum atomic E-state index is 13.8. The molecule has 1 aliphatic rings. The largest absolute Gasteiger partial charge is 0.463 e. The van der Waals surface area contributed by atoms with Gasteiger partial charge in [-0.2, -0.15) is 18.3 Å². The number of furan rings is 1. The first-order valence-corrected chi connectivity index (χ1v) is 11.8. The van der Waals surface area contributed by atoms with Crippen LogP contribution >= 0.6 is 15.9 Å². The fourth-order valence-electron chi connectivity index (χ4n) is 4.07. The summed E-state index contributed by atoms with van der Waals surface area (Å²) in [5.41, 5.74) is -0.798. The molecule has 1 aromatic carbocycles. The van der Waals surface area contributed by atoms with E-state index in [9.17, 15) is 22.8 Å². The Morgan fingerprint density at radius 1 is 1.03 bits per heavy atom. The number of Topliss-reactive ketones (excluding diaryl/α,β-unsaturated/α-hetero) is 1. The van der Waals surface area contributed by atoms with Gasteiger partial charge in [0.15, 0.2) is 22.9 Å². The lowest BCUT2D eigenvalue weighted by molar-refractivity contribution is -0.142. The topological polar surface area (TPSA) is 84.0 Å². The van der Waals surface area contributed by atoms with Crippen LogP contribution in [0.5, 0.6) is 0 Å². The molecule has 0 unspecified atom stereocenters. The third-order valence-electron chi connectivity index (χ3n) is 5.91. The van der Waals surface area contributed by atoms with Gasteiger partial charge in [0.2, 0.25) is 0 Å². The lowest BCUT2D eigenvalue weighted by Crippen LogP contribution is -2.49. The first kappa shape index (κ1) is 24.2. The van der Waals surface area contributed by atoms with Crippen LogP contribution in [-0.2, 0) is 6.18 Å². The highest BCUT2D eigenvalue weighted by molar-refractivity contribution is 9.10. The number of ketones is 1. The molecule has 1 amide bonds.